The van der Waals surface area contributed by atoms with Gasteiger partial charge in [-0.2, -0.15) is 0 Å². The van der Waals surface area contributed by atoms with Gasteiger partial charge < -0.3 is 10.0 Å². The van der Waals surface area contributed by atoms with Gasteiger partial charge in [-0.15, -0.1) is 0 Å². The Morgan fingerprint density at radius 3 is 2.52 bits per heavy atom. The van der Waals surface area contributed by atoms with E-state index in [1.165, 1.54) is 4.90 Å². The maximum absolute atomic E-state index is 11.3. The summed E-state index contributed by atoms with van der Waals surface area (Å²) in [6.07, 6.45) is 0.834. The van der Waals surface area contributed by atoms with Crippen LogP contribution in [-0.2, 0) is 0 Å². The molecule has 2 aromatic heterocycles. The molecule has 23 heavy (non-hydrogen) atoms. The van der Waals surface area contributed by atoms with Gasteiger partial charge in [0.15, 0.2) is 5.65 Å². The van der Waals surface area contributed by atoms with Crippen LogP contribution in [0, 0.1) is 0 Å². The molecular weight excluding hydrogens is 339 g/mol. The first-order valence-electron chi connectivity index (χ1n) is 7.25. The van der Waals surface area contributed by atoms with E-state index >= 15 is 0 Å². The number of carbonyl (C=O) groups is 1. The third-order valence-corrected chi connectivity index (χ3v) is 4.58. The summed E-state index contributed by atoms with van der Waals surface area (Å²) in [7, 11) is 0. The largest absolute Gasteiger partial charge is 0.465 e. The van der Waals surface area contributed by atoms with Crippen molar-refractivity contribution in [1.29, 1.82) is 0 Å². The Morgan fingerprint density at radius 2 is 1.91 bits per heavy atom. The minimum absolute atomic E-state index is 0.106. The Balaban J connectivity index is 1.93. The predicted octanol–water partition coefficient (Wildman–Crippen LogP) is 3.51. The molecule has 0 spiro atoms. The minimum atomic E-state index is -0.886. The second kappa shape index (κ2) is 6.02. The molecule has 0 saturated carbocycles. The zero-order valence-electron chi connectivity index (χ0n) is 12.7. The van der Waals surface area contributed by atoms with Crippen LogP contribution < -0.4 is 4.90 Å². The van der Waals surface area contributed by atoms with E-state index in [9.17, 15) is 9.90 Å². The number of nitrogens with zero attached hydrogens (tertiary/aromatic N) is 4. The highest BCUT2D eigenvalue weighted by atomic mass is 35.5. The van der Waals surface area contributed by atoms with Crippen LogP contribution in [0.2, 0.25) is 10.2 Å². The lowest BCUT2D eigenvalue weighted by Crippen LogP contribution is -2.58. The zero-order chi connectivity index (χ0) is 16.7. The maximum atomic E-state index is 11.3. The second-order valence-electron chi connectivity index (χ2n) is 5.78. The highest BCUT2D eigenvalue weighted by molar-refractivity contribution is 6.37. The fraction of sp³-hybridized carbons (Fsp3) is 0.400. The van der Waals surface area contributed by atoms with Gasteiger partial charge >= 0.3 is 6.09 Å². The molecule has 1 aliphatic rings. The molecule has 122 valence electrons. The summed E-state index contributed by atoms with van der Waals surface area (Å²) < 4.78 is 0. The van der Waals surface area contributed by atoms with Gasteiger partial charge in [-0.3, -0.25) is 4.90 Å². The topological polar surface area (TPSA) is 69.6 Å². The number of rotatable bonds is 1. The monoisotopic (exact) mass is 354 g/mol. The Morgan fingerprint density at radius 1 is 1.26 bits per heavy atom. The quantitative estimate of drug-likeness (QED) is 0.793. The lowest BCUT2D eigenvalue weighted by Gasteiger charge is -2.43. The molecule has 1 amide bonds. The number of anilines is 1. The van der Waals surface area contributed by atoms with Crippen molar-refractivity contribution >= 4 is 46.0 Å². The molecule has 0 bridgehead atoms. The predicted molar refractivity (Wildman–Crippen MR) is 90.6 cm³/mol. The molecule has 1 N–H and O–H groups in total. The highest BCUT2D eigenvalue weighted by Crippen LogP contribution is 2.29. The van der Waals surface area contributed by atoms with Crippen molar-refractivity contribution in [2.45, 2.75) is 25.9 Å². The van der Waals surface area contributed by atoms with Crippen LogP contribution in [0.25, 0.3) is 11.0 Å². The molecule has 0 aromatic carbocycles. The SMILES string of the molecule is C[C@@H]1CN(c2cnc3nc(Cl)cc(Cl)c3c2)C[C@H](C)N1C(=O)O. The molecule has 3 rings (SSSR count). The smallest absolute Gasteiger partial charge is 0.407 e. The van der Waals surface area contributed by atoms with Crippen LogP contribution in [0.1, 0.15) is 13.8 Å². The molecule has 8 heteroatoms. The summed E-state index contributed by atoms with van der Waals surface area (Å²) in [5.74, 6) is 0. The van der Waals surface area contributed by atoms with Crippen molar-refractivity contribution in [3.8, 4) is 0 Å². The molecule has 2 atom stereocenters. The third-order valence-electron chi connectivity index (χ3n) is 4.07. The van der Waals surface area contributed by atoms with Crippen molar-refractivity contribution < 1.29 is 9.90 Å². The molecule has 1 fully saturated rings. The number of hydrogen-bond acceptors (Lipinski definition) is 4. The molecular formula is C15H16Cl2N4O2. The molecule has 3 heterocycles. The summed E-state index contributed by atoms with van der Waals surface area (Å²) in [5, 5.41) is 10.8. The van der Waals surface area contributed by atoms with E-state index in [4.69, 9.17) is 23.2 Å². The average Bonchev–Trinajstić information content (AvgIpc) is 2.45. The Hall–Kier alpha value is -1.79. The molecule has 0 unspecified atom stereocenters. The zero-order valence-corrected chi connectivity index (χ0v) is 14.2. The van der Waals surface area contributed by atoms with E-state index in [2.05, 4.69) is 14.9 Å². The van der Waals surface area contributed by atoms with Gasteiger partial charge in [0.25, 0.3) is 0 Å². The highest BCUT2D eigenvalue weighted by Gasteiger charge is 2.33. The van der Waals surface area contributed by atoms with E-state index < -0.39 is 6.09 Å². The van der Waals surface area contributed by atoms with Gasteiger partial charge in [-0.25, -0.2) is 14.8 Å². The number of piperazine rings is 1. The average molecular weight is 355 g/mol. The molecule has 0 aliphatic carbocycles. The molecule has 0 radical (unpaired) electrons. The van der Waals surface area contributed by atoms with Gasteiger partial charge in [0.1, 0.15) is 5.15 Å². The number of hydrogen-bond donors (Lipinski definition) is 1. The Kier molecular flexibility index (Phi) is 4.21. The fourth-order valence-electron chi connectivity index (χ4n) is 3.11. The summed E-state index contributed by atoms with van der Waals surface area (Å²) in [6, 6.07) is 3.30. The first kappa shape index (κ1) is 16.1. The number of halogens is 2. The normalized spacial score (nSPS) is 21.7. The number of pyridine rings is 2. The lowest BCUT2D eigenvalue weighted by molar-refractivity contribution is 0.0983. The molecule has 6 nitrogen and oxygen atoms in total. The van der Waals surface area contributed by atoms with Crippen LogP contribution in [0.3, 0.4) is 0 Å². The second-order valence-corrected chi connectivity index (χ2v) is 6.58. The number of amides is 1. The van der Waals surface area contributed by atoms with Crippen LogP contribution in [0.15, 0.2) is 18.3 Å². The summed E-state index contributed by atoms with van der Waals surface area (Å²) in [4.78, 5) is 23.4. The van der Waals surface area contributed by atoms with Crippen molar-refractivity contribution in [2.24, 2.45) is 0 Å². The first-order chi connectivity index (χ1) is 10.9. The van der Waals surface area contributed by atoms with E-state index in [0.717, 1.165) is 11.1 Å². The minimum Gasteiger partial charge on any atom is -0.465 e. The van der Waals surface area contributed by atoms with Crippen molar-refractivity contribution in [3.63, 3.8) is 0 Å². The molecule has 2 aromatic rings. The molecule has 1 aliphatic heterocycles. The van der Waals surface area contributed by atoms with Crippen LogP contribution in [-0.4, -0.2) is 51.2 Å². The standard InChI is InChI=1S/C15H16Cl2N4O2/c1-8-6-20(7-9(2)21(8)15(22)23)10-3-11-12(16)4-13(17)19-14(11)18-5-10/h3-5,8-9H,6-7H2,1-2H3,(H,22,23)/t8-,9+. The maximum Gasteiger partial charge on any atom is 0.407 e. The van der Waals surface area contributed by atoms with Crippen molar-refractivity contribution in [1.82, 2.24) is 14.9 Å². The van der Waals surface area contributed by atoms with Crippen molar-refractivity contribution in [2.75, 3.05) is 18.0 Å². The van der Waals surface area contributed by atoms with Crippen LogP contribution in [0.5, 0.6) is 0 Å². The number of aromatic nitrogens is 2. The fourth-order valence-corrected chi connectivity index (χ4v) is 3.60. The summed E-state index contributed by atoms with van der Waals surface area (Å²) in [5.41, 5.74) is 1.39. The van der Waals surface area contributed by atoms with Gasteiger partial charge in [0.05, 0.1) is 29.0 Å². The molecule has 1 saturated heterocycles. The lowest BCUT2D eigenvalue weighted by atomic mass is 10.1. The van der Waals surface area contributed by atoms with Gasteiger partial charge in [0, 0.05) is 18.5 Å². The number of fused-ring (bicyclic) bond motifs is 1. The van der Waals surface area contributed by atoms with E-state index in [1.807, 2.05) is 19.9 Å². The third kappa shape index (κ3) is 3.01. The van der Waals surface area contributed by atoms with Gasteiger partial charge in [-0.1, -0.05) is 23.2 Å². The number of carboxylic acid groups (broad SMARTS) is 1. The Labute approximate surface area is 143 Å². The van der Waals surface area contributed by atoms with Crippen LogP contribution >= 0.6 is 23.2 Å². The van der Waals surface area contributed by atoms with Crippen molar-refractivity contribution in [3.05, 3.63) is 28.5 Å². The van der Waals surface area contributed by atoms with Gasteiger partial charge in [-0.05, 0) is 26.0 Å². The van der Waals surface area contributed by atoms with E-state index in [1.54, 1.807) is 12.3 Å². The van der Waals surface area contributed by atoms with Gasteiger partial charge in [0.2, 0.25) is 0 Å². The van der Waals surface area contributed by atoms with E-state index in [0.29, 0.717) is 28.9 Å². The first-order valence-corrected chi connectivity index (χ1v) is 8.00. The Bertz CT molecular complexity index is 758. The van der Waals surface area contributed by atoms with E-state index in [-0.39, 0.29) is 12.1 Å². The summed E-state index contributed by atoms with van der Waals surface area (Å²) in [6.45, 7) is 5.00. The summed E-state index contributed by atoms with van der Waals surface area (Å²) >= 11 is 12.1. The van der Waals surface area contributed by atoms with Crippen LogP contribution in [0.4, 0.5) is 10.5 Å².